The monoisotopic (exact) mass is 286 g/mol. The van der Waals surface area contributed by atoms with Crippen LogP contribution in [-0.2, 0) is 13.6 Å². The Labute approximate surface area is 119 Å². The van der Waals surface area contributed by atoms with Gasteiger partial charge in [-0.05, 0) is 6.07 Å². The van der Waals surface area contributed by atoms with Gasteiger partial charge in [-0.15, -0.1) is 0 Å². The van der Waals surface area contributed by atoms with Gasteiger partial charge in [0.05, 0.1) is 6.54 Å². The number of carbonyl (C=O) groups is 1. The highest BCUT2D eigenvalue weighted by Gasteiger charge is 2.20. The Bertz CT molecular complexity index is 872. The van der Waals surface area contributed by atoms with Crippen molar-refractivity contribution in [2.75, 3.05) is 0 Å². The van der Waals surface area contributed by atoms with E-state index in [1.54, 1.807) is 25.5 Å². The highest BCUT2D eigenvalue weighted by Crippen LogP contribution is 2.26. The van der Waals surface area contributed by atoms with Gasteiger partial charge in [-0.25, -0.2) is 10.6 Å². The van der Waals surface area contributed by atoms with E-state index in [1.165, 1.54) is 9.13 Å². The molecular weight excluding hydrogens is 272 g/mol. The van der Waals surface area contributed by atoms with Crippen molar-refractivity contribution >= 4 is 16.9 Å². The Balaban J connectivity index is 2.17. The number of para-hydroxylation sites is 1. The van der Waals surface area contributed by atoms with E-state index in [-0.39, 0.29) is 18.0 Å². The van der Waals surface area contributed by atoms with Crippen LogP contribution in [0.5, 0.6) is 0 Å². The molecule has 3 N–H and O–H groups in total. The highest BCUT2D eigenvalue weighted by atomic mass is 16.3. The Hall–Kier alpha value is -2.80. The second-order valence-corrected chi connectivity index (χ2v) is 4.70. The molecule has 0 aliphatic heterocycles. The minimum Gasteiger partial charge on any atom is -0.450 e. The largest absolute Gasteiger partial charge is 0.450 e. The molecule has 0 saturated carbocycles. The number of furan rings is 1. The molecule has 0 aliphatic carbocycles. The Morgan fingerprint density at radius 1 is 1.33 bits per heavy atom. The molecule has 108 valence electrons. The number of hydrazine groups is 1. The van der Waals surface area contributed by atoms with E-state index in [0.717, 1.165) is 5.39 Å². The van der Waals surface area contributed by atoms with Gasteiger partial charge in [-0.1, -0.05) is 18.2 Å². The summed E-state index contributed by atoms with van der Waals surface area (Å²) in [5.74, 6) is 4.79. The maximum atomic E-state index is 12.0. The van der Waals surface area contributed by atoms with Crippen molar-refractivity contribution in [3.05, 3.63) is 58.5 Å². The molecule has 7 nitrogen and oxygen atoms in total. The van der Waals surface area contributed by atoms with Gasteiger partial charge in [-0.3, -0.25) is 14.8 Å². The third-order valence-corrected chi connectivity index (χ3v) is 3.38. The minimum absolute atomic E-state index is 0.120. The molecule has 1 aromatic carbocycles. The number of aryl methyl sites for hydroxylation is 1. The quantitative estimate of drug-likeness (QED) is 0.418. The number of hydrogen-bond acceptors (Lipinski definition) is 4. The molecule has 7 heteroatoms. The first-order valence-electron chi connectivity index (χ1n) is 6.35. The fourth-order valence-electron chi connectivity index (χ4n) is 2.31. The van der Waals surface area contributed by atoms with E-state index in [0.29, 0.717) is 11.1 Å². The number of benzene rings is 1. The van der Waals surface area contributed by atoms with Crippen molar-refractivity contribution < 1.29 is 9.21 Å². The van der Waals surface area contributed by atoms with E-state index in [2.05, 4.69) is 5.43 Å². The van der Waals surface area contributed by atoms with Crippen molar-refractivity contribution in [3.8, 4) is 0 Å². The van der Waals surface area contributed by atoms with Crippen molar-refractivity contribution in [1.82, 2.24) is 14.6 Å². The Morgan fingerprint density at radius 3 is 2.76 bits per heavy atom. The molecule has 1 amide bonds. The maximum Gasteiger partial charge on any atom is 0.328 e. The number of rotatable bonds is 3. The predicted molar refractivity (Wildman–Crippen MR) is 76.6 cm³/mol. The molecule has 0 bridgehead atoms. The van der Waals surface area contributed by atoms with Crippen LogP contribution in [0.1, 0.15) is 16.1 Å². The van der Waals surface area contributed by atoms with Crippen LogP contribution in [0, 0.1) is 0 Å². The third kappa shape index (κ3) is 2.13. The fourth-order valence-corrected chi connectivity index (χ4v) is 2.31. The lowest BCUT2D eigenvalue weighted by Crippen LogP contribution is -2.31. The van der Waals surface area contributed by atoms with Gasteiger partial charge in [-0.2, -0.15) is 0 Å². The van der Waals surface area contributed by atoms with E-state index in [4.69, 9.17) is 10.3 Å². The average Bonchev–Trinajstić information content (AvgIpc) is 3.02. The van der Waals surface area contributed by atoms with Crippen LogP contribution in [-0.4, -0.2) is 15.0 Å². The summed E-state index contributed by atoms with van der Waals surface area (Å²) in [6.07, 6.45) is 3.32. The van der Waals surface area contributed by atoms with Crippen LogP contribution in [0.2, 0.25) is 0 Å². The SMILES string of the molecule is Cn1ccn(Cc2c(C(=O)NN)oc3ccccc23)c1=O. The first-order valence-corrected chi connectivity index (χ1v) is 6.35. The van der Waals surface area contributed by atoms with E-state index >= 15 is 0 Å². The third-order valence-electron chi connectivity index (χ3n) is 3.38. The lowest BCUT2D eigenvalue weighted by molar-refractivity contribution is 0.0926. The van der Waals surface area contributed by atoms with E-state index in [9.17, 15) is 9.59 Å². The molecule has 0 atom stereocenters. The topological polar surface area (TPSA) is 95.2 Å². The second kappa shape index (κ2) is 4.95. The average molecular weight is 286 g/mol. The van der Waals surface area contributed by atoms with Gasteiger partial charge in [0.2, 0.25) is 0 Å². The summed E-state index contributed by atoms with van der Waals surface area (Å²) in [6.45, 7) is 0.236. The predicted octanol–water partition coefficient (Wildman–Crippen LogP) is 0.585. The van der Waals surface area contributed by atoms with E-state index in [1.807, 2.05) is 18.2 Å². The summed E-state index contributed by atoms with van der Waals surface area (Å²) in [7, 11) is 1.67. The molecule has 2 heterocycles. The molecule has 21 heavy (non-hydrogen) atoms. The normalized spacial score (nSPS) is 11.0. The van der Waals surface area contributed by atoms with Crippen LogP contribution < -0.4 is 17.0 Å². The summed E-state index contributed by atoms with van der Waals surface area (Å²) in [5, 5.41) is 0.784. The molecule has 0 radical (unpaired) electrons. The van der Waals surface area contributed by atoms with Crippen molar-refractivity contribution in [1.29, 1.82) is 0 Å². The van der Waals surface area contributed by atoms with Crippen molar-refractivity contribution in [2.45, 2.75) is 6.54 Å². The molecule has 3 aromatic rings. The number of nitrogens with two attached hydrogens (primary N) is 1. The number of imidazole rings is 1. The van der Waals surface area contributed by atoms with Gasteiger partial charge >= 0.3 is 11.6 Å². The molecule has 0 saturated heterocycles. The highest BCUT2D eigenvalue weighted by molar-refractivity contribution is 5.98. The number of nitrogens with one attached hydrogen (secondary N) is 1. The summed E-state index contributed by atoms with van der Waals surface area (Å²) in [4.78, 5) is 23.8. The lowest BCUT2D eigenvalue weighted by Gasteiger charge is -2.03. The molecule has 0 spiro atoms. The number of carbonyl (C=O) groups excluding carboxylic acids is 1. The van der Waals surface area contributed by atoms with Crippen molar-refractivity contribution in [2.24, 2.45) is 12.9 Å². The summed E-state index contributed by atoms with van der Waals surface area (Å²) < 4.78 is 8.52. The second-order valence-electron chi connectivity index (χ2n) is 4.70. The zero-order valence-electron chi connectivity index (χ0n) is 11.4. The van der Waals surface area contributed by atoms with Crippen LogP contribution in [0.15, 0.2) is 45.9 Å². The van der Waals surface area contributed by atoms with Gasteiger partial charge in [0.15, 0.2) is 5.76 Å². The number of amides is 1. The zero-order chi connectivity index (χ0) is 15.0. The minimum atomic E-state index is -0.523. The summed E-state index contributed by atoms with van der Waals surface area (Å²) >= 11 is 0. The molecule has 0 fully saturated rings. The number of aromatic nitrogens is 2. The van der Waals surface area contributed by atoms with Crippen LogP contribution in [0.4, 0.5) is 0 Å². The smallest absolute Gasteiger partial charge is 0.328 e. The molecule has 0 unspecified atom stereocenters. The van der Waals surface area contributed by atoms with Gasteiger partial charge in [0, 0.05) is 30.4 Å². The number of hydrogen-bond donors (Lipinski definition) is 2. The van der Waals surface area contributed by atoms with Crippen LogP contribution >= 0.6 is 0 Å². The van der Waals surface area contributed by atoms with Gasteiger partial charge in [0.1, 0.15) is 5.58 Å². The standard InChI is InChI=1S/C14H14N4O3/c1-17-6-7-18(14(17)20)8-10-9-4-2-3-5-11(9)21-12(10)13(19)16-15/h2-7H,8,15H2,1H3,(H,16,19). The number of nitrogen functional groups attached to an aromatic ring is 1. The number of nitrogens with zero attached hydrogens (tertiary/aromatic N) is 2. The van der Waals surface area contributed by atoms with E-state index < -0.39 is 5.91 Å². The van der Waals surface area contributed by atoms with Crippen LogP contribution in [0.25, 0.3) is 11.0 Å². The Kier molecular flexibility index (Phi) is 3.11. The first kappa shape index (κ1) is 13.2. The van der Waals surface area contributed by atoms with Crippen LogP contribution in [0.3, 0.4) is 0 Å². The molecule has 0 aliphatic rings. The van der Waals surface area contributed by atoms with Crippen molar-refractivity contribution in [3.63, 3.8) is 0 Å². The summed E-state index contributed by atoms with van der Waals surface area (Å²) in [6, 6.07) is 7.27. The number of fused-ring (bicyclic) bond motifs is 1. The molecule has 3 rings (SSSR count). The summed E-state index contributed by atoms with van der Waals surface area (Å²) in [5.41, 5.74) is 3.10. The maximum absolute atomic E-state index is 12.0. The van der Waals surface area contributed by atoms with Gasteiger partial charge < -0.3 is 8.98 Å². The lowest BCUT2D eigenvalue weighted by atomic mass is 10.1. The fraction of sp³-hybridized carbons (Fsp3) is 0.143. The Morgan fingerprint density at radius 2 is 2.10 bits per heavy atom. The molecular formula is C14H14N4O3. The zero-order valence-corrected chi connectivity index (χ0v) is 11.4. The van der Waals surface area contributed by atoms with Gasteiger partial charge in [0.25, 0.3) is 0 Å². The molecule has 2 aromatic heterocycles. The first-order chi connectivity index (χ1) is 10.1.